The summed E-state index contributed by atoms with van der Waals surface area (Å²) in [7, 11) is 0. The molecular formula is C54H70S4. The predicted molar refractivity (Wildman–Crippen MR) is 266 cm³/mol. The highest BCUT2D eigenvalue weighted by molar-refractivity contribution is 7.29. The Hall–Kier alpha value is -2.76. The van der Waals surface area contributed by atoms with Gasteiger partial charge in [0.1, 0.15) is 0 Å². The summed E-state index contributed by atoms with van der Waals surface area (Å²) in [4.78, 5) is 11.5. The average Bonchev–Trinajstić information content (AvgIpc) is 4.07. The van der Waals surface area contributed by atoms with Gasteiger partial charge in [0.25, 0.3) is 0 Å². The predicted octanol–water partition coefficient (Wildman–Crippen LogP) is 19.8. The Morgan fingerprint density at radius 2 is 0.707 bits per heavy atom. The van der Waals surface area contributed by atoms with Gasteiger partial charge in [-0.1, -0.05) is 184 Å². The van der Waals surface area contributed by atoms with E-state index in [9.17, 15) is 0 Å². The number of benzene rings is 2. The molecule has 310 valence electrons. The Labute approximate surface area is 369 Å². The van der Waals surface area contributed by atoms with Crippen molar-refractivity contribution in [2.24, 2.45) is 0 Å². The summed E-state index contributed by atoms with van der Waals surface area (Å²) in [5.41, 5.74) is 8.31. The van der Waals surface area contributed by atoms with Crippen LogP contribution < -0.4 is 0 Å². The molecule has 0 spiro atoms. The van der Waals surface area contributed by atoms with E-state index in [2.05, 4.69) is 113 Å². The molecule has 4 heteroatoms. The molecule has 6 rings (SSSR count). The minimum absolute atomic E-state index is 1.17. The summed E-state index contributed by atoms with van der Waals surface area (Å²) in [5, 5.41) is 0. The highest BCUT2D eigenvalue weighted by Gasteiger charge is 2.18. The summed E-state index contributed by atoms with van der Waals surface area (Å²) in [6.07, 6.45) is 30.1. The first kappa shape index (κ1) is 44.8. The molecule has 0 bridgehead atoms. The van der Waals surface area contributed by atoms with Crippen LogP contribution in [0.1, 0.15) is 164 Å². The third kappa shape index (κ3) is 13.6. The number of hydrogen-bond acceptors (Lipinski definition) is 4. The van der Waals surface area contributed by atoms with Crippen LogP contribution >= 0.6 is 45.3 Å². The zero-order valence-electron chi connectivity index (χ0n) is 36.3. The fraction of sp³-hybridized carbons (Fsp3) is 0.481. The molecule has 0 unspecified atom stereocenters. The van der Waals surface area contributed by atoms with Crippen LogP contribution in [-0.2, 0) is 12.8 Å². The molecule has 4 aromatic heterocycles. The van der Waals surface area contributed by atoms with E-state index < -0.39 is 0 Å². The third-order valence-corrected chi connectivity index (χ3v) is 16.8. The second-order valence-corrected chi connectivity index (χ2v) is 21.3. The lowest BCUT2D eigenvalue weighted by atomic mass is 10.0. The van der Waals surface area contributed by atoms with Gasteiger partial charge in [-0.3, -0.25) is 0 Å². The molecule has 0 fully saturated rings. The van der Waals surface area contributed by atoms with E-state index in [-0.39, 0.29) is 0 Å². The minimum Gasteiger partial charge on any atom is -0.139 e. The smallest absolute Gasteiger partial charge is 0.0481 e. The third-order valence-electron chi connectivity index (χ3n) is 11.8. The minimum atomic E-state index is 1.17. The fourth-order valence-corrected chi connectivity index (χ4v) is 13.0. The summed E-state index contributed by atoms with van der Waals surface area (Å²) in [6.45, 7) is 9.06. The Balaban J connectivity index is 1.10. The van der Waals surface area contributed by atoms with Crippen LogP contribution in [0.3, 0.4) is 0 Å². The molecular weight excluding hydrogens is 777 g/mol. The van der Waals surface area contributed by atoms with Crippen LogP contribution in [0.5, 0.6) is 0 Å². The number of aryl methyl sites for hydroxylation is 4. The molecule has 0 amide bonds. The van der Waals surface area contributed by atoms with Gasteiger partial charge in [0, 0.05) is 39.0 Å². The summed E-state index contributed by atoms with van der Waals surface area (Å²) < 4.78 is 0. The van der Waals surface area contributed by atoms with Crippen LogP contribution in [0.15, 0.2) is 84.9 Å². The summed E-state index contributed by atoms with van der Waals surface area (Å²) in [6, 6.07) is 32.7. The van der Waals surface area contributed by atoms with E-state index in [1.54, 1.807) is 5.56 Å². The number of unbranched alkanes of at least 4 members (excludes halogenated alkanes) is 18. The van der Waals surface area contributed by atoms with E-state index in [0.717, 1.165) is 0 Å². The zero-order valence-corrected chi connectivity index (χ0v) is 39.5. The van der Waals surface area contributed by atoms with Crippen molar-refractivity contribution in [1.82, 2.24) is 0 Å². The van der Waals surface area contributed by atoms with Crippen molar-refractivity contribution < 1.29 is 0 Å². The molecule has 0 aliphatic carbocycles. The second-order valence-electron chi connectivity index (χ2n) is 16.8. The molecule has 6 aromatic rings. The molecule has 58 heavy (non-hydrogen) atoms. The second kappa shape index (κ2) is 24.5. The van der Waals surface area contributed by atoms with Gasteiger partial charge in [0.2, 0.25) is 0 Å². The van der Waals surface area contributed by atoms with Gasteiger partial charge in [-0.05, 0) is 104 Å². The van der Waals surface area contributed by atoms with Crippen LogP contribution in [0.25, 0.3) is 50.8 Å². The van der Waals surface area contributed by atoms with Crippen LogP contribution in [0.2, 0.25) is 0 Å². The molecule has 0 saturated heterocycles. The van der Waals surface area contributed by atoms with E-state index >= 15 is 0 Å². The van der Waals surface area contributed by atoms with E-state index in [1.807, 2.05) is 45.3 Å². The molecule has 0 saturated carbocycles. The first-order chi connectivity index (χ1) is 28.5. The lowest BCUT2D eigenvalue weighted by Crippen LogP contribution is -1.86. The maximum Gasteiger partial charge on any atom is 0.0481 e. The largest absolute Gasteiger partial charge is 0.139 e. The number of hydrogen-bond donors (Lipinski definition) is 0. The maximum absolute atomic E-state index is 2.52. The first-order valence-corrected chi connectivity index (χ1v) is 26.4. The Morgan fingerprint density at radius 3 is 1.19 bits per heavy atom. The molecule has 0 radical (unpaired) electrons. The van der Waals surface area contributed by atoms with Gasteiger partial charge in [0.15, 0.2) is 0 Å². The van der Waals surface area contributed by atoms with Gasteiger partial charge >= 0.3 is 0 Å². The van der Waals surface area contributed by atoms with Crippen molar-refractivity contribution in [3.8, 4) is 50.8 Å². The highest BCUT2D eigenvalue weighted by Crippen LogP contribution is 2.47. The van der Waals surface area contributed by atoms with Gasteiger partial charge in [-0.25, -0.2) is 0 Å². The molecule has 2 aromatic carbocycles. The molecule has 0 atom stereocenters. The topological polar surface area (TPSA) is 0 Å². The van der Waals surface area contributed by atoms with Crippen molar-refractivity contribution in [1.29, 1.82) is 0 Å². The van der Waals surface area contributed by atoms with Crippen LogP contribution in [0, 0.1) is 13.8 Å². The fourth-order valence-electron chi connectivity index (χ4n) is 8.29. The number of rotatable bonds is 27. The summed E-state index contributed by atoms with van der Waals surface area (Å²) in [5.74, 6) is 0. The standard InChI is InChI=1S/C54H70S4/c1-5-7-9-11-13-15-17-19-21-23-25-46-39-42(4)55-53(46)50-37-35-48(56-50)49-36-38-51(57-49)54-47(26-24-22-20-18-16-14-12-10-8-6-2)40-52(58-54)45-33-31-44(32-34-45)43-29-27-41(3)28-30-43/h27-40H,5-26H2,1-4H3. The van der Waals surface area contributed by atoms with E-state index in [0.29, 0.717) is 0 Å². The van der Waals surface area contributed by atoms with Crippen molar-refractivity contribution in [2.75, 3.05) is 0 Å². The van der Waals surface area contributed by atoms with Crippen LogP contribution in [0.4, 0.5) is 0 Å². The van der Waals surface area contributed by atoms with E-state index in [4.69, 9.17) is 0 Å². The average molecular weight is 847 g/mol. The zero-order chi connectivity index (χ0) is 40.4. The molecule has 0 N–H and O–H groups in total. The highest BCUT2D eigenvalue weighted by atomic mass is 32.1. The lowest BCUT2D eigenvalue weighted by Gasteiger charge is -2.04. The number of thiophene rings is 4. The normalized spacial score (nSPS) is 11.6. The maximum atomic E-state index is 2.52. The van der Waals surface area contributed by atoms with E-state index in [1.165, 1.54) is 208 Å². The van der Waals surface area contributed by atoms with Crippen molar-refractivity contribution >= 4 is 45.3 Å². The first-order valence-electron chi connectivity index (χ1n) is 23.1. The molecule has 0 aliphatic heterocycles. The molecule has 4 heterocycles. The quantitative estimate of drug-likeness (QED) is 0.0453. The van der Waals surface area contributed by atoms with Crippen molar-refractivity contribution in [3.05, 3.63) is 106 Å². The van der Waals surface area contributed by atoms with Crippen molar-refractivity contribution in [3.63, 3.8) is 0 Å². The van der Waals surface area contributed by atoms with Gasteiger partial charge in [-0.2, -0.15) is 0 Å². The Kier molecular flexibility index (Phi) is 18.9. The SMILES string of the molecule is CCCCCCCCCCCCc1cc(C)sc1-c1ccc(-c2ccc(-c3sc(-c4ccc(-c5ccc(C)cc5)cc4)cc3CCCCCCCCCCCC)s2)s1. The molecule has 0 aliphatic rings. The lowest BCUT2D eigenvalue weighted by molar-refractivity contribution is 0.556. The Bertz CT molecular complexity index is 2030. The van der Waals surface area contributed by atoms with Gasteiger partial charge in [0.05, 0.1) is 0 Å². The van der Waals surface area contributed by atoms with Crippen molar-refractivity contribution in [2.45, 2.75) is 169 Å². The molecule has 0 nitrogen and oxygen atoms in total. The monoisotopic (exact) mass is 846 g/mol. The Morgan fingerprint density at radius 1 is 0.328 bits per heavy atom. The van der Waals surface area contributed by atoms with Crippen LogP contribution in [-0.4, -0.2) is 0 Å². The van der Waals surface area contributed by atoms with Gasteiger partial charge in [-0.15, -0.1) is 45.3 Å². The van der Waals surface area contributed by atoms with Gasteiger partial charge < -0.3 is 0 Å². The summed E-state index contributed by atoms with van der Waals surface area (Å²) >= 11 is 7.98.